The number of hydrogen-bond donors (Lipinski definition) is 0. The van der Waals surface area contributed by atoms with Gasteiger partial charge in [0.1, 0.15) is 0 Å². The summed E-state index contributed by atoms with van der Waals surface area (Å²) in [6, 6.07) is 11.1. The molecule has 0 unspecified atom stereocenters. The topological polar surface area (TPSA) is 50.6 Å². The van der Waals surface area contributed by atoms with Crippen molar-refractivity contribution in [1.29, 1.82) is 0 Å². The van der Waals surface area contributed by atoms with Gasteiger partial charge in [-0.2, -0.15) is 5.10 Å². The third-order valence-electron chi connectivity index (χ3n) is 6.34. The van der Waals surface area contributed by atoms with Crippen LogP contribution in [0.15, 0.2) is 43.0 Å². The van der Waals surface area contributed by atoms with Crippen LogP contribution in [0.3, 0.4) is 0 Å². The van der Waals surface area contributed by atoms with Crippen LogP contribution in [-0.4, -0.2) is 71.4 Å². The summed E-state index contributed by atoms with van der Waals surface area (Å²) in [4.78, 5) is 17.6. The molecule has 0 bridgehead atoms. The van der Waals surface area contributed by atoms with Gasteiger partial charge in [-0.05, 0) is 38.3 Å². The first-order valence-electron chi connectivity index (χ1n) is 11.0. The van der Waals surface area contributed by atoms with Gasteiger partial charge in [0.15, 0.2) is 5.69 Å². The zero-order valence-corrected chi connectivity index (χ0v) is 17.9. The summed E-state index contributed by atoms with van der Waals surface area (Å²) in [6.07, 6.45) is 5.81. The summed E-state index contributed by atoms with van der Waals surface area (Å²) in [5, 5.41) is 4.74. The smallest absolute Gasteiger partial charge is 0.274 e. The third-order valence-corrected chi connectivity index (χ3v) is 6.34. The van der Waals surface area contributed by atoms with E-state index in [0.29, 0.717) is 44.6 Å². The lowest BCUT2D eigenvalue weighted by Crippen LogP contribution is -2.42. The van der Waals surface area contributed by atoms with Crippen molar-refractivity contribution in [3.05, 3.63) is 65.5 Å². The van der Waals surface area contributed by atoms with E-state index in [-0.39, 0.29) is 5.91 Å². The minimum absolute atomic E-state index is 0.0463. The minimum atomic E-state index is 0.0463. The molecule has 0 radical (unpaired) electrons. The summed E-state index contributed by atoms with van der Waals surface area (Å²) < 4.78 is 7.40. The van der Waals surface area contributed by atoms with Crippen LogP contribution in [0.1, 0.15) is 33.7 Å². The largest absolute Gasteiger partial charge is 0.378 e. The molecule has 2 heterocycles. The number of allylic oxidation sites excluding steroid dienone is 1. The summed E-state index contributed by atoms with van der Waals surface area (Å²) in [6.45, 7) is 8.01. The Kier molecular flexibility index (Phi) is 6.65. The highest BCUT2D eigenvalue weighted by Crippen LogP contribution is 2.28. The molecule has 0 spiro atoms. The molecule has 30 heavy (non-hydrogen) atoms. The van der Waals surface area contributed by atoms with Crippen LogP contribution in [0.2, 0.25) is 0 Å². The quantitative estimate of drug-likeness (QED) is 0.661. The monoisotopic (exact) mass is 408 g/mol. The number of likely N-dealkylation sites (N-methyl/N-ethyl adjacent to an activating group) is 1. The highest BCUT2D eigenvalue weighted by Gasteiger charge is 2.32. The number of rotatable bonds is 7. The molecule has 2 aliphatic rings. The van der Waals surface area contributed by atoms with Crippen LogP contribution in [0, 0.1) is 0 Å². The number of fused-ring (bicyclic) bond motifs is 1. The first kappa shape index (κ1) is 20.8. The van der Waals surface area contributed by atoms with E-state index in [2.05, 4.69) is 48.9 Å². The van der Waals surface area contributed by atoms with E-state index in [0.717, 1.165) is 37.8 Å². The van der Waals surface area contributed by atoms with Gasteiger partial charge in [-0.25, -0.2) is 0 Å². The molecule has 6 nitrogen and oxygen atoms in total. The SMILES string of the molecule is C=CCn1nc(C(=O)N2CCOCC2)c2c1CC[C@@H](N(C)CCc1ccccc1)C2. The van der Waals surface area contributed by atoms with E-state index in [4.69, 9.17) is 9.84 Å². The Morgan fingerprint density at radius 3 is 2.80 bits per heavy atom. The normalized spacial score (nSPS) is 19.0. The number of carbonyl (C=O) groups excluding carboxylic acids is 1. The first-order chi connectivity index (χ1) is 14.7. The fourth-order valence-electron chi connectivity index (χ4n) is 4.54. The Labute approximate surface area is 179 Å². The Balaban J connectivity index is 1.50. The maximum absolute atomic E-state index is 13.2. The van der Waals surface area contributed by atoms with Crippen molar-refractivity contribution >= 4 is 5.91 Å². The molecule has 1 aliphatic carbocycles. The number of carbonyl (C=O) groups is 1. The molecular formula is C24H32N4O2. The van der Waals surface area contributed by atoms with E-state index < -0.39 is 0 Å². The van der Waals surface area contributed by atoms with Crippen molar-refractivity contribution in [3.63, 3.8) is 0 Å². The van der Waals surface area contributed by atoms with Gasteiger partial charge >= 0.3 is 0 Å². The van der Waals surface area contributed by atoms with Crippen LogP contribution in [0.4, 0.5) is 0 Å². The predicted octanol–water partition coefficient (Wildman–Crippen LogP) is 2.57. The van der Waals surface area contributed by atoms with Gasteiger partial charge < -0.3 is 14.5 Å². The molecule has 160 valence electrons. The second-order valence-electron chi connectivity index (χ2n) is 8.26. The molecule has 1 aromatic heterocycles. The number of hydrogen-bond acceptors (Lipinski definition) is 4. The third kappa shape index (κ3) is 4.50. The summed E-state index contributed by atoms with van der Waals surface area (Å²) in [7, 11) is 2.20. The Hall–Kier alpha value is -2.44. The van der Waals surface area contributed by atoms with Gasteiger partial charge in [-0.3, -0.25) is 9.48 Å². The van der Waals surface area contributed by atoms with Gasteiger partial charge in [0.2, 0.25) is 0 Å². The summed E-state index contributed by atoms with van der Waals surface area (Å²) >= 11 is 0. The molecule has 6 heteroatoms. The lowest BCUT2D eigenvalue weighted by Gasteiger charge is -2.32. The number of amides is 1. The van der Waals surface area contributed by atoms with Crippen molar-refractivity contribution in [2.24, 2.45) is 0 Å². The highest BCUT2D eigenvalue weighted by molar-refractivity contribution is 5.94. The van der Waals surface area contributed by atoms with Gasteiger partial charge in [0.05, 0.1) is 19.8 Å². The van der Waals surface area contributed by atoms with Crippen LogP contribution in [0.5, 0.6) is 0 Å². The number of nitrogens with zero attached hydrogens (tertiary/aromatic N) is 4. The average Bonchev–Trinajstić information content (AvgIpc) is 3.16. The van der Waals surface area contributed by atoms with E-state index in [1.807, 2.05) is 15.7 Å². The fraction of sp³-hybridized carbons (Fsp3) is 0.500. The zero-order chi connectivity index (χ0) is 20.9. The van der Waals surface area contributed by atoms with Crippen LogP contribution in [-0.2, 0) is 30.5 Å². The second kappa shape index (κ2) is 9.58. The van der Waals surface area contributed by atoms with Crippen LogP contribution in [0.25, 0.3) is 0 Å². The highest BCUT2D eigenvalue weighted by atomic mass is 16.5. The number of aromatic nitrogens is 2. The molecule has 2 aromatic rings. The van der Waals surface area contributed by atoms with E-state index >= 15 is 0 Å². The molecule has 0 N–H and O–H groups in total. The average molecular weight is 409 g/mol. The summed E-state index contributed by atoms with van der Waals surface area (Å²) in [5.74, 6) is 0.0463. The lowest BCUT2D eigenvalue weighted by molar-refractivity contribution is 0.0297. The fourth-order valence-corrected chi connectivity index (χ4v) is 4.54. The maximum Gasteiger partial charge on any atom is 0.274 e. The molecule has 1 atom stereocenters. The van der Waals surface area contributed by atoms with Gasteiger partial charge in [-0.1, -0.05) is 36.4 Å². The molecule has 1 amide bonds. The van der Waals surface area contributed by atoms with E-state index in [1.165, 1.54) is 11.3 Å². The number of morpholine rings is 1. The number of benzene rings is 1. The zero-order valence-electron chi connectivity index (χ0n) is 17.9. The first-order valence-corrected chi connectivity index (χ1v) is 11.0. The van der Waals surface area contributed by atoms with Gasteiger partial charge in [0, 0.05) is 36.9 Å². The van der Waals surface area contributed by atoms with Crippen molar-refractivity contribution in [2.75, 3.05) is 39.9 Å². The molecule has 1 saturated heterocycles. The Morgan fingerprint density at radius 2 is 2.07 bits per heavy atom. The minimum Gasteiger partial charge on any atom is -0.378 e. The van der Waals surface area contributed by atoms with E-state index in [9.17, 15) is 4.79 Å². The molecular weight excluding hydrogens is 376 g/mol. The molecule has 1 aromatic carbocycles. The number of ether oxygens (including phenoxy) is 1. The van der Waals surface area contributed by atoms with Crippen molar-refractivity contribution in [3.8, 4) is 0 Å². The van der Waals surface area contributed by atoms with Gasteiger partial charge in [0.25, 0.3) is 5.91 Å². The maximum atomic E-state index is 13.2. The molecule has 4 rings (SSSR count). The lowest BCUT2D eigenvalue weighted by atomic mass is 9.90. The molecule has 1 fully saturated rings. The van der Waals surface area contributed by atoms with Crippen molar-refractivity contribution < 1.29 is 9.53 Å². The molecule has 1 aliphatic heterocycles. The molecule has 0 saturated carbocycles. The second-order valence-corrected chi connectivity index (χ2v) is 8.26. The standard InChI is InChI=1S/C24H32N4O2/c1-3-12-28-22-10-9-20(26(2)13-11-19-7-5-4-6-8-19)18-21(22)23(25-28)24(29)27-14-16-30-17-15-27/h3-8,20H,1,9-18H2,2H3/t20-/m1/s1. The van der Waals surface area contributed by atoms with Crippen molar-refractivity contribution in [1.82, 2.24) is 19.6 Å². The van der Waals surface area contributed by atoms with Crippen LogP contribution < -0.4 is 0 Å². The van der Waals surface area contributed by atoms with Gasteiger partial charge in [-0.15, -0.1) is 6.58 Å². The van der Waals surface area contributed by atoms with Crippen molar-refractivity contribution in [2.45, 2.75) is 38.3 Å². The summed E-state index contributed by atoms with van der Waals surface area (Å²) in [5.41, 5.74) is 4.34. The predicted molar refractivity (Wildman–Crippen MR) is 118 cm³/mol. The Bertz CT molecular complexity index is 871. The van der Waals surface area contributed by atoms with Crippen LogP contribution >= 0.6 is 0 Å². The van der Waals surface area contributed by atoms with E-state index in [1.54, 1.807) is 0 Å². The Morgan fingerprint density at radius 1 is 1.30 bits per heavy atom.